The van der Waals surface area contributed by atoms with Gasteiger partial charge in [0.15, 0.2) is 5.82 Å². The van der Waals surface area contributed by atoms with Gasteiger partial charge in [0, 0.05) is 13.5 Å². The third kappa shape index (κ3) is 4.23. The Balaban J connectivity index is 2.74. The van der Waals surface area contributed by atoms with Gasteiger partial charge in [0.1, 0.15) is 5.56 Å². The van der Waals surface area contributed by atoms with Crippen LogP contribution in [0.1, 0.15) is 23.2 Å². The summed E-state index contributed by atoms with van der Waals surface area (Å²) in [5.74, 6) is -2.25. The van der Waals surface area contributed by atoms with Crippen LogP contribution < -0.4 is 4.72 Å². The normalized spacial score (nSPS) is 11.1. The Morgan fingerprint density at radius 1 is 1.50 bits per heavy atom. The van der Waals surface area contributed by atoms with Crippen molar-refractivity contribution in [2.24, 2.45) is 7.05 Å². The van der Waals surface area contributed by atoms with Crippen molar-refractivity contribution in [2.45, 2.75) is 12.8 Å². The number of sulfonamides is 1. The highest BCUT2D eigenvalue weighted by atomic mass is 32.2. The van der Waals surface area contributed by atoms with Crippen LogP contribution in [0.2, 0.25) is 0 Å². The average molecular weight is 305 g/mol. The lowest BCUT2D eigenvalue weighted by Gasteiger charge is -2.08. The van der Waals surface area contributed by atoms with E-state index in [1.54, 1.807) is 0 Å². The molecule has 1 rings (SSSR count). The molecule has 112 valence electrons. The van der Waals surface area contributed by atoms with E-state index in [-0.39, 0.29) is 30.0 Å². The Kier molecular flexibility index (Phi) is 5.08. The lowest BCUT2D eigenvalue weighted by molar-refractivity contribution is -0.140. The number of esters is 1. The van der Waals surface area contributed by atoms with Crippen LogP contribution in [0, 0.1) is 0 Å². The number of rotatable bonds is 7. The number of ether oxygens (including phenoxy) is 1. The van der Waals surface area contributed by atoms with Crippen LogP contribution in [-0.2, 0) is 26.6 Å². The summed E-state index contributed by atoms with van der Waals surface area (Å²) in [5, 5.41) is 12.6. The molecule has 20 heavy (non-hydrogen) atoms. The minimum absolute atomic E-state index is 0.0332. The highest BCUT2D eigenvalue weighted by Crippen LogP contribution is 2.16. The summed E-state index contributed by atoms with van der Waals surface area (Å²) in [4.78, 5) is 21.8. The topological polar surface area (TPSA) is 128 Å². The van der Waals surface area contributed by atoms with Gasteiger partial charge in [-0.2, -0.15) is 5.10 Å². The first-order chi connectivity index (χ1) is 9.26. The van der Waals surface area contributed by atoms with Crippen molar-refractivity contribution in [3.8, 4) is 0 Å². The number of carboxylic acid groups (broad SMARTS) is 1. The van der Waals surface area contributed by atoms with E-state index in [0.29, 0.717) is 0 Å². The fraction of sp³-hybridized carbons (Fsp3) is 0.500. The Labute approximate surface area is 115 Å². The molecule has 1 heterocycles. The maximum Gasteiger partial charge on any atom is 0.341 e. The van der Waals surface area contributed by atoms with Crippen LogP contribution in [0.3, 0.4) is 0 Å². The van der Waals surface area contributed by atoms with Gasteiger partial charge >= 0.3 is 11.9 Å². The van der Waals surface area contributed by atoms with Crippen molar-refractivity contribution >= 4 is 27.8 Å². The Morgan fingerprint density at radius 2 is 2.15 bits per heavy atom. The molecule has 9 nitrogen and oxygen atoms in total. The number of hydrogen-bond donors (Lipinski definition) is 2. The first-order valence-electron chi connectivity index (χ1n) is 5.59. The number of aromatic carboxylic acids is 1. The van der Waals surface area contributed by atoms with Gasteiger partial charge in [-0.3, -0.25) is 14.2 Å². The van der Waals surface area contributed by atoms with Crippen LogP contribution in [0.5, 0.6) is 0 Å². The number of carboxylic acids is 1. The zero-order valence-corrected chi connectivity index (χ0v) is 11.8. The summed E-state index contributed by atoms with van der Waals surface area (Å²) in [6, 6.07) is 0. The van der Waals surface area contributed by atoms with E-state index in [1.807, 2.05) is 0 Å². The predicted molar refractivity (Wildman–Crippen MR) is 68.8 cm³/mol. The summed E-state index contributed by atoms with van der Waals surface area (Å²) >= 11 is 0. The molecule has 0 saturated carbocycles. The van der Waals surface area contributed by atoms with Crippen molar-refractivity contribution in [1.29, 1.82) is 0 Å². The molecule has 0 atom stereocenters. The molecule has 10 heteroatoms. The molecule has 0 aromatic carbocycles. The van der Waals surface area contributed by atoms with E-state index >= 15 is 0 Å². The third-order valence-electron chi connectivity index (χ3n) is 2.44. The summed E-state index contributed by atoms with van der Waals surface area (Å²) in [5.41, 5.74) is -0.246. The summed E-state index contributed by atoms with van der Waals surface area (Å²) < 4.78 is 31.2. The number of aryl methyl sites for hydroxylation is 1. The first-order valence-corrected chi connectivity index (χ1v) is 7.24. The van der Waals surface area contributed by atoms with E-state index in [4.69, 9.17) is 5.11 Å². The number of anilines is 1. The van der Waals surface area contributed by atoms with Gasteiger partial charge in [-0.25, -0.2) is 13.2 Å². The maximum absolute atomic E-state index is 11.8. The molecule has 0 bridgehead atoms. The van der Waals surface area contributed by atoms with E-state index in [9.17, 15) is 18.0 Å². The zero-order valence-electron chi connectivity index (χ0n) is 11.0. The van der Waals surface area contributed by atoms with Crippen molar-refractivity contribution < 1.29 is 27.9 Å². The van der Waals surface area contributed by atoms with E-state index in [0.717, 1.165) is 10.9 Å². The number of carbonyl (C=O) groups is 2. The van der Waals surface area contributed by atoms with Gasteiger partial charge in [-0.15, -0.1) is 0 Å². The smallest absolute Gasteiger partial charge is 0.341 e. The first kappa shape index (κ1) is 16.0. The van der Waals surface area contributed by atoms with E-state index in [2.05, 4.69) is 14.6 Å². The molecule has 0 radical (unpaired) electrons. The average Bonchev–Trinajstić information content (AvgIpc) is 2.70. The van der Waals surface area contributed by atoms with Crippen LogP contribution in [0.4, 0.5) is 5.82 Å². The second-order valence-electron chi connectivity index (χ2n) is 3.94. The number of nitrogens with one attached hydrogen (secondary N) is 1. The summed E-state index contributed by atoms with van der Waals surface area (Å²) in [6.45, 7) is 0. The molecule has 0 unspecified atom stereocenters. The highest BCUT2D eigenvalue weighted by Gasteiger charge is 2.20. The number of methoxy groups -OCH3 is 1. The van der Waals surface area contributed by atoms with E-state index < -0.39 is 22.0 Å². The Morgan fingerprint density at radius 3 is 2.70 bits per heavy atom. The molecule has 0 aliphatic heterocycles. The van der Waals surface area contributed by atoms with Crippen LogP contribution in [0.25, 0.3) is 0 Å². The van der Waals surface area contributed by atoms with Gasteiger partial charge in [0.2, 0.25) is 10.0 Å². The van der Waals surface area contributed by atoms with Crippen LogP contribution in [0.15, 0.2) is 6.20 Å². The number of carbonyl (C=O) groups excluding carboxylic acids is 1. The molecular formula is C10H15N3O6S. The lowest BCUT2D eigenvalue weighted by atomic mass is 10.3. The zero-order chi connectivity index (χ0) is 15.3. The number of hydrogen-bond acceptors (Lipinski definition) is 6. The Bertz CT molecular complexity index is 607. The van der Waals surface area contributed by atoms with Crippen molar-refractivity contribution in [2.75, 3.05) is 17.6 Å². The van der Waals surface area contributed by atoms with Crippen LogP contribution in [-0.4, -0.2) is 48.1 Å². The SMILES string of the molecule is COC(=O)CCCS(=O)(=O)Nc1c(C(=O)O)cnn1C. The quantitative estimate of drug-likeness (QED) is 0.668. The molecule has 0 fully saturated rings. The fourth-order valence-corrected chi connectivity index (χ4v) is 2.59. The second-order valence-corrected chi connectivity index (χ2v) is 5.78. The molecule has 0 saturated heterocycles. The van der Waals surface area contributed by atoms with Gasteiger partial charge < -0.3 is 9.84 Å². The fourth-order valence-electron chi connectivity index (χ4n) is 1.42. The van der Waals surface area contributed by atoms with Gasteiger partial charge in [0.25, 0.3) is 0 Å². The molecular weight excluding hydrogens is 290 g/mol. The standard InChI is InChI=1S/C10H15N3O6S/c1-13-9(7(6-11-13)10(15)16)12-20(17,18)5-3-4-8(14)19-2/h6,12H,3-5H2,1-2H3,(H,15,16). The summed E-state index contributed by atoms with van der Waals surface area (Å²) in [7, 11) is -1.14. The van der Waals surface area contributed by atoms with Crippen molar-refractivity contribution in [3.05, 3.63) is 11.8 Å². The number of nitrogens with zero attached hydrogens (tertiary/aromatic N) is 2. The molecule has 2 N–H and O–H groups in total. The van der Waals surface area contributed by atoms with Crippen LogP contribution >= 0.6 is 0 Å². The monoisotopic (exact) mass is 305 g/mol. The molecule has 0 spiro atoms. The van der Waals surface area contributed by atoms with Crippen molar-refractivity contribution in [3.63, 3.8) is 0 Å². The number of aromatic nitrogens is 2. The molecule has 0 aliphatic rings. The summed E-state index contributed by atoms with van der Waals surface area (Å²) in [6.07, 6.45) is 1.09. The lowest BCUT2D eigenvalue weighted by Crippen LogP contribution is -2.20. The van der Waals surface area contributed by atoms with E-state index in [1.165, 1.54) is 14.2 Å². The molecule has 0 aliphatic carbocycles. The van der Waals surface area contributed by atoms with Crippen molar-refractivity contribution in [1.82, 2.24) is 9.78 Å². The second kappa shape index (κ2) is 6.37. The highest BCUT2D eigenvalue weighted by molar-refractivity contribution is 7.92. The largest absolute Gasteiger partial charge is 0.477 e. The minimum atomic E-state index is -3.77. The molecule has 1 aromatic heterocycles. The van der Waals surface area contributed by atoms with Gasteiger partial charge in [-0.05, 0) is 6.42 Å². The molecule has 1 aromatic rings. The minimum Gasteiger partial charge on any atom is -0.477 e. The maximum atomic E-state index is 11.8. The van der Waals surface area contributed by atoms with Gasteiger partial charge in [-0.1, -0.05) is 0 Å². The Hall–Kier alpha value is -2.10. The molecule has 0 amide bonds. The predicted octanol–water partition coefficient (Wildman–Crippen LogP) is -0.187. The van der Waals surface area contributed by atoms with Gasteiger partial charge in [0.05, 0.1) is 19.1 Å². The third-order valence-corrected chi connectivity index (χ3v) is 3.77.